The Hall–Kier alpha value is -1.77. The topological polar surface area (TPSA) is 66.5 Å². The zero-order valence-corrected chi connectivity index (χ0v) is 18.3. The lowest BCUT2D eigenvalue weighted by Gasteiger charge is -2.18. The third-order valence-corrected chi connectivity index (χ3v) is 6.95. The Labute approximate surface area is 174 Å². The summed E-state index contributed by atoms with van der Waals surface area (Å²) >= 11 is 3.28. The van der Waals surface area contributed by atoms with Gasteiger partial charge in [0, 0.05) is 36.1 Å². The summed E-state index contributed by atoms with van der Waals surface area (Å²) in [6.07, 6.45) is 0.705. The molecule has 8 heteroatoms. The standard InChI is InChI=1S/C20H24BrFN2O3S/c1-3-24(4-2)28(26,27)18-9-5-15(6-10-18)7-12-20(25)23-14-16-13-17(21)8-11-19(16)22/h5-6,8-11,13H,3-4,7,12,14H2,1-2H3,(H,23,25). The van der Waals surface area contributed by atoms with Crippen molar-refractivity contribution >= 4 is 31.9 Å². The van der Waals surface area contributed by atoms with E-state index < -0.39 is 10.0 Å². The van der Waals surface area contributed by atoms with Crippen LogP contribution < -0.4 is 5.32 Å². The molecule has 0 bridgehead atoms. The second-order valence-electron chi connectivity index (χ2n) is 6.25. The monoisotopic (exact) mass is 470 g/mol. The molecule has 0 atom stereocenters. The maximum atomic E-state index is 13.7. The van der Waals surface area contributed by atoms with Gasteiger partial charge in [-0.2, -0.15) is 4.31 Å². The number of sulfonamides is 1. The van der Waals surface area contributed by atoms with Gasteiger partial charge >= 0.3 is 0 Å². The molecule has 0 aliphatic heterocycles. The van der Waals surface area contributed by atoms with Crippen molar-refractivity contribution in [2.24, 2.45) is 0 Å². The molecule has 0 heterocycles. The van der Waals surface area contributed by atoms with Crippen molar-refractivity contribution in [1.29, 1.82) is 0 Å². The summed E-state index contributed by atoms with van der Waals surface area (Å²) in [6.45, 7) is 4.55. The van der Waals surface area contributed by atoms with E-state index in [0.717, 1.165) is 10.0 Å². The molecule has 0 fully saturated rings. The molecule has 1 amide bonds. The van der Waals surface area contributed by atoms with Gasteiger partial charge in [0.25, 0.3) is 0 Å². The molecule has 0 aromatic heterocycles. The van der Waals surface area contributed by atoms with Crippen LogP contribution in [0.2, 0.25) is 0 Å². The number of halogens is 2. The van der Waals surface area contributed by atoms with E-state index in [9.17, 15) is 17.6 Å². The fourth-order valence-corrected chi connectivity index (χ4v) is 4.63. The first-order chi connectivity index (χ1) is 13.3. The van der Waals surface area contributed by atoms with Crippen LogP contribution in [0.3, 0.4) is 0 Å². The van der Waals surface area contributed by atoms with Crippen LogP contribution in [-0.2, 0) is 27.8 Å². The van der Waals surface area contributed by atoms with Gasteiger partial charge < -0.3 is 5.32 Å². The Morgan fingerprint density at radius 1 is 1.11 bits per heavy atom. The van der Waals surface area contributed by atoms with Crippen LogP contribution in [-0.4, -0.2) is 31.7 Å². The fourth-order valence-electron chi connectivity index (χ4n) is 2.76. The minimum atomic E-state index is -3.48. The maximum absolute atomic E-state index is 13.7. The normalized spacial score (nSPS) is 11.6. The number of amides is 1. The highest BCUT2D eigenvalue weighted by molar-refractivity contribution is 9.10. The van der Waals surface area contributed by atoms with E-state index in [1.54, 1.807) is 50.2 Å². The molecule has 0 saturated carbocycles. The lowest BCUT2D eigenvalue weighted by molar-refractivity contribution is -0.121. The van der Waals surface area contributed by atoms with E-state index in [4.69, 9.17) is 0 Å². The van der Waals surface area contributed by atoms with Crippen LogP contribution in [0.4, 0.5) is 4.39 Å². The summed E-state index contributed by atoms with van der Waals surface area (Å²) in [5.74, 6) is -0.562. The number of carbonyl (C=O) groups is 1. The van der Waals surface area contributed by atoms with Gasteiger partial charge in [-0.1, -0.05) is 41.9 Å². The fraction of sp³-hybridized carbons (Fsp3) is 0.350. The third-order valence-electron chi connectivity index (χ3n) is 4.39. The van der Waals surface area contributed by atoms with Gasteiger partial charge in [-0.25, -0.2) is 12.8 Å². The van der Waals surface area contributed by atoms with Gasteiger partial charge in [0.1, 0.15) is 5.82 Å². The number of hydrogen-bond acceptors (Lipinski definition) is 3. The summed E-state index contributed by atoms with van der Waals surface area (Å²) in [5, 5.41) is 2.70. The van der Waals surface area contributed by atoms with E-state index in [-0.39, 0.29) is 29.6 Å². The van der Waals surface area contributed by atoms with E-state index in [0.29, 0.717) is 25.1 Å². The highest BCUT2D eigenvalue weighted by Gasteiger charge is 2.21. The minimum absolute atomic E-state index is 0.116. The lowest BCUT2D eigenvalue weighted by Crippen LogP contribution is -2.30. The van der Waals surface area contributed by atoms with Crippen molar-refractivity contribution in [3.8, 4) is 0 Å². The van der Waals surface area contributed by atoms with Crippen LogP contribution in [0.25, 0.3) is 0 Å². The van der Waals surface area contributed by atoms with Gasteiger partial charge in [-0.15, -0.1) is 0 Å². The molecule has 0 saturated heterocycles. The molecule has 28 heavy (non-hydrogen) atoms. The number of aryl methyl sites for hydroxylation is 1. The van der Waals surface area contributed by atoms with E-state index in [1.165, 1.54) is 10.4 Å². The Morgan fingerprint density at radius 3 is 2.36 bits per heavy atom. The van der Waals surface area contributed by atoms with Crippen LogP contribution in [0.5, 0.6) is 0 Å². The highest BCUT2D eigenvalue weighted by atomic mass is 79.9. The predicted molar refractivity (Wildman–Crippen MR) is 111 cm³/mol. The Bertz CT molecular complexity index is 914. The molecule has 5 nitrogen and oxygen atoms in total. The Morgan fingerprint density at radius 2 is 1.75 bits per heavy atom. The molecule has 0 unspecified atom stereocenters. The molecule has 0 spiro atoms. The molecule has 152 valence electrons. The summed E-state index contributed by atoms with van der Waals surface area (Å²) in [4.78, 5) is 12.3. The van der Waals surface area contributed by atoms with E-state index in [1.807, 2.05) is 0 Å². The number of carbonyl (C=O) groups excluding carboxylic acids is 1. The van der Waals surface area contributed by atoms with Crippen LogP contribution in [0, 0.1) is 5.82 Å². The molecule has 1 N–H and O–H groups in total. The number of rotatable bonds is 9. The zero-order chi connectivity index (χ0) is 20.7. The molecular formula is C20H24BrFN2O3S. The van der Waals surface area contributed by atoms with Crippen molar-refractivity contribution in [3.63, 3.8) is 0 Å². The molecule has 0 radical (unpaired) electrons. The minimum Gasteiger partial charge on any atom is -0.352 e. The van der Waals surface area contributed by atoms with Gasteiger partial charge in [-0.3, -0.25) is 4.79 Å². The van der Waals surface area contributed by atoms with E-state index in [2.05, 4.69) is 21.2 Å². The quantitative estimate of drug-likeness (QED) is 0.604. The number of nitrogens with zero attached hydrogens (tertiary/aromatic N) is 1. The van der Waals surface area contributed by atoms with Crippen molar-refractivity contribution in [2.45, 2.75) is 38.1 Å². The number of benzene rings is 2. The number of nitrogens with one attached hydrogen (secondary N) is 1. The average Bonchev–Trinajstić information content (AvgIpc) is 2.68. The van der Waals surface area contributed by atoms with Crippen molar-refractivity contribution in [2.75, 3.05) is 13.1 Å². The molecular weight excluding hydrogens is 447 g/mol. The largest absolute Gasteiger partial charge is 0.352 e. The molecule has 2 rings (SSSR count). The summed E-state index contributed by atoms with van der Waals surface area (Å²) in [5.41, 5.74) is 1.27. The maximum Gasteiger partial charge on any atom is 0.243 e. The zero-order valence-electron chi connectivity index (χ0n) is 15.9. The molecule has 2 aromatic carbocycles. The highest BCUT2D eigenvalue weighted by Crippen LogP contribution is 2.17. The van der Waals surface area contributed by atoms with Crippen molar-refractivity contribution in [1.82, 2.24) is 9.62 Å². The Balaban J connectivity index is 1.90. The SMILES string of the molecule is CCN(CC)S(=O)(=O)c1ccc(CCC(=O)NCc2cc(Br)ccc2F)cc1. The molecule has 0 aliphatic carbocycles. The van der Waals surface area contributed by atoms with E-state index >= 15 is 0 Å². The second kappa shape index (κ2) is 10.1. The van der Waals surface area contributed by atoms with Crippen LogP contribution in [0.1, 0.15) is 31.4 Å². The van der Waals surface area contributed by atoms with Gasteiger partial charge in [0.2, 0.25) is 15.9 Å². The number of hydrogen-bond donors (Lipinski definition) is 1. The van der Waals surface area contributed by atoms with Gasteiger partial charge in [0.05, 0.1) is 4.90 Å². The first-order valence-electron chi connectivity index (χ1n) is 9.07. The van der Waals surface area contributed by atoms with Gasteiger partial charge in [0.15, 0.2) is 0 Å². The average molecular weight is 471 g/mol. The third kappa shape index (κ3) is 5.86. The summed E-state index contributed by atoms with van der Waals surface area (Å²) < 4.78 is 40.8. The second-order valence-corrected chi connectivity index (χ2v) is 9.10. The van der Waals surface area contributed by atoms with Gasteiger partial charge in [-0.05, 0) is 42.3 Å². The predicted octanol–water partition coefficient (Wildman–Crippen LogP) is 3.87. The first kappa shape index (κ1) is 22.5. The van der Waals surface area contributed by atoms with Crippen molar-refractivity contribution < 1.29 is 17.6 Å². The summed E-state index contributed by atoms with van der Waals surface area (Å²) in [7, 11) is -3.48. The molecule has 2 aromatic rings. The van der Waals surface area contributed by atoms with Crippen LogP contribution in [0.15, 0.2) is 51.8 Å². The lowest BCUT2D eigenvalue weighted by atomic mass is 10.1. The van der Waals surface area contributed by atoms with Crippen LogP contribution >= 0.6 is 15.9 Å². The molecule has 0 aliphatic rings. The first-order valence-corrected chi connectivity index (χ1v) is 11.3. The van der Waals surface area contributed by atoms with Crippen molar-refractivity contribution in [3.05, 3.63) is 63.9 Å². The summed E-state index contributed by atoms with van der Waals surface area (Å²) in [6, 6.07) is 11.2. The smallest absolute Gasteiger partial charge is 0.243 e. The Kier molecular flexibility index (Phi) is 8.15.